The van der Waals surface area contributed by atoms with Crippen molar-refractivity contribution in [3.63, 3.8) is 0 Å². The van der Waals surface area contributed by atoms with Crippen LogP contribution in [-0.2, 0) is 30.8 Å². The molecule has 0 aliphatic carbocycles. The van der Waals surface area contributed by atoms with Gasteiger partial charge in [0.05, 0.1) is 30.9 Å². The van der Waals surface area contributed by atoms with Gasteiger partial charge in [0.1, 0.15) is 0 Å². The number of fused-ring (bicyclic) bond motifs is 2. The second kappa shape index (κ2) is 9.95. The van der Waals surface area contributed by atoms with Gasteiger partial charge in [0.2, 0.25) is 0 Å². The lowest BCUT2D eigenvalue weighted by Gasteiger charge is -2.30. The predicted molar refractivity (Wildman–Crippen MR) is 131 cm³/mol. The summed E-state index contributed by atoms with van der Waals surface area (Å²) in [5.41, 5.74) is 3.72. The average molecular weight is 468 g/mol. The molecule has 174 valence electrons. The molecule has 1 atom stereocenters. The maximum atomic E-state index is 13.1. The van der Waals surface area contributed by atoms with Crippen molar-refractivity contribution in [3.05, 3.63) is 80.7 Å². The molecule has 1 saturated heterocycles. The monoisotopic (exact) mass is 467 g/mol. The number of β-amino-alcohol motifs (C(OH)–C–C–N with tert-alkyl or cyclic N) is 1. The quantitative estimate of drug-likeness (QED) is 0.604. The van der Waals surface area contributed by atoms with Crippen LogP contribution >= 0.6 is 11.6 Å². The fourth-order valence-electron chi connectivity index (χ4n) is 4.94. The van der Waals surface area contributed by atoms with E-state index in [1.807, 2.05) is 18.2 Å². The SMILES string of the molecule is O=c1c2ccc(CN3CCOCC3)cc2c(Cl)cn1C[C@H](O)CN1CCc2ccccc2C1. The Morgan fingerprint density at radius 2 is 1.76 bits per heavy atom. The van der Waals surface area contributed by atoms with E-state index in [9.17, 15) is 9.90 Å². The summed E-state index contributed by atoms with van der Waals surface area (Å²) in [6.45, 7) is 6.63. The number of benzene rings is 2. The van der Waals surface area contributed by atoms with Gasteiger partial charge in [0.15, 0.2) is 0 Å². The highest BCUT2D eigenvalue weighted by atomic mass is 35.5. The number of hydrogen-bond donors (Lipinski definition) is 1. The number of nitrogens with zero attached hydrogens (tertiary/aromatic N) is 3. The zero-order valence-electron chi connectivity index (χ0n) is 18.8. The summed E-state index contributed by atoms with van der Waals surface area (Å²) in [5.74, 6) is 0. The van der Waals surface area contributed by atoms with Crippen LogP contribution in [0.25, 0.3) is 10.8 Å². The molecule has 5 rings (SSSR count). The summed E-state index contributed by atoms with van der Waals surface area (Å²) in [5, 5.41) is 12.7. The normalized spacial score (nSPS) is 18.4. The third-order valence-corrected chi connectivity index (χ3v) is 7.00. The fourth-order valence-corrected chi connectivity index (χ4v) is 5.21. The third kappa shape index (κ3) is 5.15. The molecule has 0 amide bonds. The Hall–Kier alpha value is -2.22. The molecule has 3 aromatic rings. The number of aliphatic hydroxyl groups is 1. The van der Waals surface area contributed by atoms with Crippen LogP contribution in [0.2, 0.25) is 5.02 Å². The van der Waals surface area contributed by atoms with E-state index in [1.165, 1.54) is 11.1 Å². The molecule has 2 aliphatic rings. The van der Waals surface area contributed by atoms with E-state index in [0.29, 0.717) is 17.0 Å². The summed E-state index contributed by atoms with van der Waals surface area (Å²) in [6, 6.07) is 14.3. The Labute approximate surface area is 198 Å². The number of aliphatic hydroxyl groups excluding tert-OH is 1. The van der Waals surface area contributed by atoms with Crippen molar-refractivity contribution in [1.82, 2.24) is 14.4 Å². The molecule has 2 aliphatic heterocycles. The first-order valence-corrected chi connectivity index (χ1v) is 12.0. The highest BCUT2D eigenvalue weighted by Gasteiger charge is 2.20. The van der Waals surface area contributed by atoms with Gasteiger partial charge in [0, 0.05) is 56.2 Å². The Morgan fingerprint density at radius 3 is 2.58 bits per heavy atom. The average Bonchev–Trinajstić information content (AvgIpc) is 2.83. The predicted octanol–water partition coefficient (Wildman–Crippen LogP) is 2.91. The van der Waals surface area contributed by atoms with E-state index in [0.717, 1.165) is 63.3 Å². The number of morpholine rings is 1. The summed E-state index contributed by atoms with van der Waals surface area (Å²) in [4.78, 5) is 17.7. The van der Waals surface area contributed by atoms with Crippen molar-refractivity contribution in [1.29, 1.82) is 0 Å². The van der Waals surface area contributed by atoms with E-state index in [1.54, 1.807) is 10.8 Å². The molecule has 1 fully saturated rings. The number of aromatic nitrogens is 1. The molecule has 0 radical (unpaired) electrons. The lowest BCUT2D eigenvalue weighted by Crippen LogP contribution is -2.39. The van der Waals surface area contributed by atoms with Crippen LogP contribution in [-0.4, -0.2) is 65.0 Å². The van der Waals surface area contributed by atoms with Crippen LogP contribution in [0.4, 0.5) is 0 Å². The van der Waals surface area contributed by atoms with Crippen LogP contribution in [0.15, 0.2) is 53.5 Å². The lowest BCUT2D eigenvalue weighted by atomic mass is 10.00. The van der Waals surface area contributed by atoms with Crippen LogP contribution in [0.5, 0.6) is 0 Å². The molecular weight excluding hydrogens is 438 g/mol. The molecule has 33 heavy (non-hydrogen) atoms. The molecule has 1 aromatic heterocycles. The Bertz CT molecular complexity index is 1190. The molecule has 0 saturated carbocycles. The van der Waals surface area contributed by atoms with Gasteiger partial charge in [-0.15, -0.1) is 0 Å². The van der Waals surface area contributed by atoms with Crippen LogP contribution in [0.1, 0.15) is 16.7 Å². The molecule has 3 heterocycles. The van der Waals surface area contributed by atoms with Crippen molar-refractivity contribution < 1.29 is 9.84 Å². The topological polar surface area (TPSA) is 57.9 Å². The molecule has 0 unspecified atom stereocenters. The van der Waals surface area contributed by atoms with Crippen LogP contribution < -0.4 is 5.56 Å². The molecule has 6 nitrogen and oxygen atoms in total. The zero-order chi connectivity index (χ0) is 22.8. The second-order valence-electron chi connectivity index (χ2n) is 9.11. The van der Waals surface area contributed by atoms with Crippen LogP contribution in [0.3, 0.4) is 0 Å². The maximum absolute atomic E-state index is 13.1. The standard InChI is InChI=1S/C26H30ClN3O3/c27-25-18-30(17-22(31)16-29-8-7-20-3-1-2-4-21(20)15-29)26(32)23-6-5-19(13-24(23)25)14-28-9-11-33-12-10-28/h1-6,13,18,22,31H,7-12,14-17H2/t22-/m1/s1. The molecule has 1 N–H and O–H groups in total. The molecular formula is C26H30ClN3O3. The molecule has 0 bridgehead atoms. The van der Waals surface area contributed by atoms with E-state index >= 15 is 0 Å². The van der Waals surface area contributed by atoms with Gasteiger partial charge >= 0.3 is 0 Å². The number of rotatable bonds is 6. The second-order valence-corrected chi connectivity index (χ2v) is 9.52. The highest BCUT2D eigenvalue weighted by Crippen LogP contribution is 2.23. The molecule has 0 spiro atoms. The van der Waals surface area contributed by atoms with Crippen molar-refractivity contribution >= 4 is 22.4 Å². The Kier molecular flexibility index (Phi) is 6.81. The first-order valence-electron chi connectivity index (χ1n) is 11.7. The van der Waals surface area contributed by atoms with Crippen LogP contribution in [0, 0.1) is 0 Å². The summed E-state index contributed by atoms with van der Waals surface area (Å²) in [6.07, 6.45) is 2.00. The van der Waals surface area contributed by atoms with Crippen molar-refractivity contribution in [2.75, 3.05) is 39.4 Å². The molecule has 2 aromatic carbocycles. The third-order valence-electron chi connectivity index (χ3n) is 6.70. The number of ether oxygens (including phenoxy) is 1. The van der Waals surface area contributed by atoms with Gasteiger partial charge < -0.3 is 14.4 Å². The first kappa shape index (κ1) is 22.6. The Balaban J connectivity index is 1.28. The Morgan fingerprint density at radius 1 is 0.970 bits per heavy atom. The number of pyridine rings is 1. The fraction of sp³-hybridized carbons (Fsp3) is 0.423. The van der Waals surface area contributed by atoms with Gasteiger partial charge in [-0.3, -0.25) is 14.6 Å². The van der Waals surface area contributed by atoms with E-state index in [-0.39, 0.29) is 12.1 Å². The van der Waals surface area contributed by atoms with E-state index in [2.05, 4.69) is 34.1 Å². The summed E-state index contributed by atoms with van der Waals surface area (Å²) >= 11 is 6.60. The molecule has 7 heteroatoms. The van der Waals surface area contributed by atoms with E-state index < -0.39 is 6.10 Å². The minimum absolute atomic E-state index is 0.115. The maximum Gasteiger partial charge on any atom is 0.258 e. The minimum atomic E-state index is -0.651. The van der Waals surface area contributed by atoms with Crippen molar-refractivity contribution in [2.45, 2.75) is 32.2 Å². The number of halogens is 1. The summed E-state index contributed by atoms with van der Waals surface area (Å²) < 4.78 is 6.97. The van der Waals surface area contributed by atoms with E-state index in [4.69, 9.17) is 16.3 Å². The van der Waals surface area contributed by atoms with Gasteiger partial charge in [-0.05, 0) is 35.2 Å². The zero-order valence-corrected chi connectivity index (χ0v) is 19.5. The van der Waals surface area contributed by atoms with Gasteiger partial charge in [-0.1, -0.05) is 41.9 Å². The van der Waals surface area contributed by atoms with Crippen molar-refractivity contribution in [3.8, 4) is 0 Å². The smallest absolute Gasteiger partial charge is 0.258 e. The van der Waals surface area contributed by atoms with Gasteiger partial charge in [-0.2, -0.15) is 0 Å². The minimum Gasteiger partial charge on any atom is -0.390 e. The lowest BCUT2D eigenvalue weighted by molar-refractivity contribution is 0.0342. The number of hydrogen-bond acceptors (Lipinski definition) is 5. The van der Waals surface area contributed by atoms with Gasteiger partial charge in [0.25, 0.3) is 5.56 Å². The largest absolute Gasteiger partial charge is 0.390 e. The van der Waals surface area contributed by atoms with Crippen molar-refractivity contribution in [2.24, 2.45) is 0 Å². The highest BCUT2D eigenvalue weighted by molar-refractivity contribution is 6.35. The first-order chi connectivity index (χ1) is 16.1. The summed E-state index contributed by atoms with van der Waals surface area (Å²) in [7, 11) is 0. The van der Waals surface area contributed by atoms with Gasteiger partial charge in [-0.25, -0.2) is 0 Å².